The lowest BCUT2D eigenvalue weighted by molar-refractivity contribution is -0.119. The fraction of sp³-hybridized carbons (Fsp3) is 0.500. The van der Waals surface area contributed by atoms with E-state index in [4.69, 9.17) is 0 Å². The zero-order chi connectivity index (χ0) is 20.6. The topological polar surface area (TPSA) is 78.4 Å². The van der Waals surface area contributed by atoms with Crippen molar-refractivity contribution >= 4 is 28.9 Å². The van der Waals surface area contributed by atoms with Gasteiger partial charge in [-0.15, -0.1) is 11.3 Å². The van der Waals surface area contributed by atoms with Crippen molar-refractivity contribution in [2.75, 3.05) is 12.4 Å². The molecule has 6 nitrogen and oxygen atoms in total. The average molecular weight is 414 g/mol. The van der Waals surface area contributed by atoms with E-state index in [0.717, 1.165) is 53.6 Å². The number of anilines is 1. The third-order valence-electron chi connectivity index (χ3n) is 5.17. The van der Waals surface area contributed by atoms with Gasteiger partial charge in [-0.25, -0.2) is 4.98 Å². The van der Waals surface area contributed by atoms with Crippen molar-refractivity contribution in [1.29, 1.82) is 0 Å². The Kier molecular flexibility index (Phi) is 7.63. The van der Waals surface area contributed by atoms with E-state index >= 15 is 0 Å². The molecule has 2 aromatic rings. The van der Waals surface area contributed by atoms with Crippen LogP contribution in [-0.2, 0) is 17.9 Å². The minimum atomic E-state index is 0.148. The fourth-order valence-electron chi connectivity index (χ4n) is 3.43. The highest BCUT2D eigenvalue weighted by molar-refractivity contribution is 7.09. The number of rotatable bonds is 7. The molecule has 0 atom stereocenters. The summed E-state index contributed by atoms with van der Waals surface area (Å²) in [6.07, 6.45) is 4.33. The van der Waals surface area contributed by atoms with Gasteiger partial charge in [-0.2, -0.15) is 0 Å². The highest BCUT2D eigenvalue weighted by Crippen LogP contribution is 2.26. The number of amides is 1. The lowest BCUT2D eigenvalue weighted by atomic mass is 10.1. The van der Waals surface area contributed by atoms with Crippen molar-refractivity contribution in [2.24, 2.45) is 10.9 Å². The number of carbonyl (C=O) groups excluding carboxylic acids is 1. The van der Waals surface area contributed by atoms with Crippen molar-refractivity contribution in [3.63, 3.8) is 0 Å². The Morgan fingerprint density at radius 1 is 1.24 bits per heavy atom. The summed E-state index contributed by atoms with van der Waals surface area (Å²) >= 11 is 1.67. The highest BCUT2D eigenvalue weighted by Gasteiger charge is 2.22. The molecule has 0 unspecified atom stereocenters. The first-order chi connectivity index (χ1) is 14.0. The second-order valence-corrected chi connectivity index (χ2v) is 8.71. The second-order valence-electron chi connectivity index (χ2n) is 7.77. The molecule has 29 heavy (non-hydrogen) atoms. The lowest BCUT2D eigenvalue weighted by Crippen LogP contribution is -2.36. The summed E-state index contributed by atoms with van der Waals surface area (Å²) in [5.74, 6) is 1.49. The van der Waals surface area contributed by atoms with Crippen LogP contribution in [0.1, 0.15) is 61.7 Å². The first-order valence-electron chi connectivity index (χ1n) is 10.3. The van der Waals surface area contributed by atoms with E-state index in [2.05, 4.69) is 45.2 Å². The number of guanidine groups is 1. The second kappa shape index (κ2) is 10.4. The Balaban J connectivity index is 1.49. The monoisotopic (exact) mass is 413 g/mol. The van der Waals surface area contributed by atoms with Gasteiger partial charge < -0.3 is 16.0 Å². The van der Waals surface area contributed by atoms with Crippen LogP contribution >= 0.6 is 11.3 Å². The molecule has 7 heteroatoms. The van der Waals surface area contributed by atoms with Crippen molar-refractivity contribution in [2.45, 2.75) is 58.5 Å². The van der Waals surface area contributed by atoms with Crippen molar-refractivity contribution in [1.82, 2.24) is 15.6 Å². The maximum absolute atomic E-state index is 12.3. The van der Waals surface area contributed by atoms with Gasteiger partial charge >= 0.3 is 0 Å². The zero-order valence-corrected chi connectivity index (χ0v) is 18.3. The predicted octanol–water partition coefficient (Wildman–Crippen LogP) is 4.26. The van der Waals surface area contributed by atoms with E-state index < -0.39 is 0 Å². The van der Waals surface area contributed by atoms with Crippen molar-refractivity contribution < 1.29 is 4.79 Å². The minimum Gasteiger partial charge on any atom is -0.352 e. The van der Waals surface area contributed by atoms with Crippen LogP contribution in [0.15, 0.2) is 34.6 Å². The van der Waals surface area contributed by atoms with Gasteiger partial charge in [0, 0.05) is 30.6 Å². The summed E-state index contributed by atoms with van der Waals surface area (Å²) in [5, 5.41) is 12.9. The smallest absolute Gasteiger partial charge is 0.227 e. The lowest BCUT2D eigenvalue weighted by Gasteiger charge is -2.13. The van der Waals surface area contributed by atoms with Gasteiger partial charge in [0.25, 0.3) is 0 Å². The molecule has 0 spiro atoms. The summed E-state index contributed by atoms with van der Waals surface area (Å²) in [4.78, 5) is 21.3. The molecule has 0 saturated heterocycles. The number of hydrogen-bond donors (Lipinski definition) is 3. The third kappa shape index (κ3) is 6.29. The largest absolute Gasteiger partial charge is 0.352 e. The Bertz CT molecular complexity index is 839. The van der Waals surface area contributed by atoms with Gasteiger partial charge in [0.2, 0.25) is 5.91 Å². The van der Waals surface area contributed by atoms with Crippen molar-refractivity contribution in [3.8, 4) is 0 Å². The van der Waals surface area contributed by atoms with Gasteiger partial charge in [-0.1, -0.05) is 38.8 Å². The van der Waals surface area contributed by atoms with Gasteiger partial charge in [-0.3, -0.25) is 9.79 Å². The van der Waals surface area contributed by atoms with Crippen LogP contribution < -0.4 is 16.0 Å². The van der Waals surface area contributed by atoms with Crippen LogP contribution in [0, 0.1) is 5.92 Å². The first-order valence-corrected chi connectivity index (χ1v) is 11.2. The number of hydrogen-bond acceptors (Lipinski definition) is 4. The summed E-state index contributed by atoms with van der Waals surface area (Å²) in [5.41, 5.74) is 3.08. The molecular formula is C22H31N5OS. The van der Waals surface area contributed by atoms with Crippen LogP contribution in [0.2, 0.25) is 0 Å². The van der Waals surface area contributed by atoms with Crippen LogP contribution in [0.25, 0.3) is 0 Å². The van der Waals surface area contributed by atoms with Crippen LogP contribution in [0.3, 0.4) is 0 Å². The molecule has 3 rings (SSSR count). The molecule has 1 aromatic heterocycles. The number of carbonyl (C=O) groups is 1. The molecule has 3 N–H and O–H groups in total. The standard InChI is InChI=1S/C22H31N5OS/c1-15(2)19-14-29-20(27-19)13-25-22(23-3)24-12-16-7-6-10-18(11-16)26-21(28)17-8-4-5-9-17/h6-7,10-11,14-15,17H,4-5,8-9,12-13H2,1-3H3,(H,26,28)(H2,23,24,25). The molecule has 0 aliphatic heterocycles. The predicted molar refractivity (Wildman–Crippen MR) is 120 cm³/mol. The molecular weight excluding hydrogens is 382 g/mol. The fourth-order valence-corrected chi connectivity index (χ4v) is 4.32. The maximum atomic E-state index is 12.3. The van der Waals surface area contributed by atoms with Crippen LogP contribution in [0.5, 0.6) is 0 Å². The molecule has 1 amide bonds. The third-order valence-corrected chi connectivity index (χ3v) is 6.04. The van der Waals surface area contributed by atoms with Crippen LogP contribution in [-0.4, -0.2) is 23.9 Å². The Morgan fingerprint density at radius 2 is 2.00 bits per heavy atom. The van der Waals surface area contributed by atoms with Gasteiger partial charge in [0.15, 0.2) is 5.96 Å². The molecule has 1 fully saturated rings. The zero-order valence-electron chi connectivity index (χ0n) is 17.5. The summed E-state index contributed by atoms with van der Waals surface area (Å²) in [7, 11) is 1.76. The molecule has 1 aromatic carbocycles. The summed E-state index contributed by atoms with van der Waals surface area (Å²) in [6, 6.07) is 7.97. The number of thiazole rings is 1. The molecule has 0 radical (unpaired) electrons. The average Bonchev–Trinajstić information content (AvgIpc) is 3.41. The molecule has 1 heterocycles. The Morgan fingerprint density at radius 3 is 2.69 bits per heavy atom. The number of benzene rings is 1. The van der Waals surface area contributed by atoms with Crippen LogP contribution in [0.4, 0.5) is 5.69 Å². The van der Waals surface area contributed by atoms with Gasteiger partial charge in [0.05, 0.1) is 12.2 Å². The molecule has 1 saturated carbocycles. The summed E-state index contributed by atoms with van der Waals surface area (Å²) in [6.45, 7) is 5.57. The maximum Gasteiger partial charge on any atom is 0.227 e. The Labute approximate surface area is 177 Å². The van der Waals surface area contributed by atoms with E-state index in [0.29, 0.717) is 19.0 Å². The van der Waals surface area contributed by atoms with Gasteiger partial charge in [-0.05, 0) is 36.5 Å². The molecule has 1 aliphatic carbocycles. The van der Waals surface area contributed by atoms with E-state index in [1.54, 1.807) is 18.4 Å². The molecule has 0 bridgehead atoms. The van der Waals surface area contributed by atoms with E-state index in [9.17, 15) is 4.79 Å². The summed E-state index contributed by atoms with van der Waals surface area (Å²) < 4.78 is 0. The van der Waals surface area contributed by atoms with Crippen molar-refractivity contribution in [3.05, 3.63) is 45.9 Å². The number of nitrogens with one attached hydrogen (secondary N) is 3. The first kappa shape index (κ1) is 21.3. The number of aliphatic imine (C=N–C) groups is 1. The van der Waals surface area contributed by atoms with E-state index in [1.165, 1.54) is 0 Å². The molecule has 156 valence electrons. The van der Waals surface area contributed by atoms with E-state index in [1.807, 2.05) is 24.3 Å². The SMILES string of the molecule is CN=C(NCc1cccc(NC(=O)C2CCCC2)c1)NCc1nc(C(C)C)cs1. The quantitative estimate of drug-likeness (QED) is 0.468. The van der Waals surface area contributed by atoms with Gasteiger partial charge in [0.1, 0.15) is 5.01 Å². The van der Waals surface area contributed by atoms with E-state index in [-0.39, 0.29) is 11.8 Å². The number of aromatic nitrogens is 1. The minimum absolute atomic E-state index is 0.148. The molecule has 1 aliphatic rings. The Hall–Kier alpha value is -2.41. The normalized spacial score (nSPS) is 15.0. The highest BCUT2D eigenvalue weighted by atomic mass is 32.1. The number of nitrogens with zero attached hydrogens (tertiary/aromatic N) is 2.